The van der Waals surface area contributed by atoms with Crippen LogP contribution in [0.5, 0.6) is 5.75 Å². The molecule has 1 N–H and O–H groups in total. The summed E-state index contributed by atoms with van der Waals surface area (Å²) in [4.78, 5) is 34.1. The number of nitro benzene ring substituents is 1. The van der Waals surface area contributed by atoms with Crippen LogP contribution < -0.4 is 19.6 Å². The molecule has 0 saturated carbocycles. The molecule has 3 heterocycles. The molecular formula is C30H22N4O4S. The van der Waals surface area contributed by atoms with Gasteiger partial charge in [0.05, 0.1) is 28.3 Å². The fraction of sp³-hybridized carbons (Fsp3) is 0.133. The van der Waals surface area contributed by atoms with Gasteiger partial charge in [-0.05, 0) is 59.9 Å². The standard InChI is InChI=1S/C30H22N4O4S/c1-38-21-10-12-23-17(14-21)9-11-24-27(23)32-30-33(28(24)18-5-4-6-20(13-18)34(36)37)29(35)26(39-30)15-19-16-31-25-8-3-2-7-22(19)25/h2-8,10,12-16,28,31H,9,11H2,1H3/b26-15-. The number of fused-ring (bicyclic) bond motifs is 4. The number of allylic oxidation sites excluding steroid dienone is 1. The number of aryl methyl sites for hydroxylation is 1. The van der Waals surface area contributed by atoms with E-state index in [1.807, 2.05) is 60.8 Å². The number of aromatic nitrogens is 2. The number of para-hydroxylation sites is 1. The molecule has 0 radical (unpaired) electrons. The number of methoxy groups -OCH3 is 1. The molecule has 0 spiro atoms. The van der Waals surface area contributed by atoms with Gasteiger partial charge in [0, 0.05) is 40.4 Å². The van der Waals surface area contributed by atoms with Crippen molar-refractivity contribution in [1.29, 1.82) is 0 Å². The minimum Gasteiger partial charge on any atom is -0.497 e. The molecule has 0 amide bonds. The van der Waals surface area contributed by atoms with Crippen LogP contribution in [0.1, 0.15) is 34.7 Å². The van der Waals surface area contributed by atoms with Gasteiger partial charge in [0.15, 0.2) is 4.80 Å². The van der Waals surface area contributed by atoms with Gasteiger partial charge in [-0.1, -0.05) is 41.7 Å². The average Bonchev–Trinajstić information content (AvgIpc) is 3.51. The van der Waals surface area contributed by atoms with Crippen molar-refractivity contribution in [3.8, 4) is 5.75 Å². The molecule has 2 aromatic heterocycles. The van der Waals surface area contributed by atoms with Crippen LogP contribution >= 0.6 is 11.3 Å². The van der Waals surface area contributed by atoms with Crippen LogP contribution in [0, 0.1) is 10.1 Å². The molecule has 5 aromatic rings. The maximum atomic E-state index is 14.0. The average molecular weight is 535 g/mol. The highest BCUT2D eigenvalue weighted by Gasteiger charge is 2.33. The quantitative estimate of drug-likeness (QED) is 0.266. The number of nitrogens with one attached hydrogen (secondary N) is 1. The largest absolute Gasteiger partial charge is 0.497 e. The van der Waals surface area contributed by atoms with Gasteiger partial charge in [-0.2, -0.15) is 0 Å². The maximum absolute atomic E-state index is 14.0. The summed E-state index contributed by atoms with van der Waals surface area (Å²) in [7, 11) is 1.65. The van der Waals surface area contributed by atoms with E-state index >= 15 is 0 Å². The molecular weight excluding hydrogens is 512 g/mol. The molecule has 7 rings (SSSR count). The first-order valence-electron chi connectivity index (χ1n) is 12.5. The van der Waals surface area contributed by atoms with E-state index in [1.165, 1.54) is 17.4 Å². The van der Waals surface area contributed by atoms with Crippen LogP contribution in [0.25, 0.3) is 22.7 Å². The van der Waals surface area contributed by atoms with Gasteiger partial charge in [0.2, 0.25) is 0 Å². The lowest BCUT2D eigenvalue weighted by atomic mass is 9.83. The van der Waals surface area contributed by atoms with Crippen molar-refractivity contribution in [3.05, 3.63) is 131 Å². The van der Waals surface area contributed by atoms with Crippen molar-refractivity contribution in [3.63, 3.8) is 0 Å². The molecule has 8 nitrogen and oxygen atoms in total. The molecule has 2 aliphatic rings. The normalized spacial score (nSPS) is 16.4. The Labute approximate surface area is 226 Å². The van der Waals surface area contributed by atoms with E-state index < -0.39 is 11.0 Å². The molecule has 1 atom stereocenters. The Morgan fingerprint density at radius 1 is 1.13 bits per heavy atom. The Morgan fingerprint density at radius 2 is 2.00 bits per heavy atom. The number of nitro groups is 1. The van der Waals surface area contributed by atoms with E-state index in [1.54, 1.807) is 23.8 Å². The second-order valence-corrected chi connectivity index (χ2v) is 10.6. The van der Waals surface area contributed by atoms with Crippen LogP contribution in [0.2, 0.25) is 0 Å². The third-order valence-electron chi connectivity index (χ3n) is 7.47. The smallest absolute Gasteiger partial charge is 0.271 e. The molecule has 9 heteroatoms. The van der Waals surface area contributed by atoms with Crippen molar-refractivity contribution in [2.24, 2.45) is 4.99 Å². The number of ether oxygens (including phenoxy) is 1. The predicted molar refractivity (Wildman–Crippen MR) is 151 cm³/mol. The topological polar surface area (TPSA) is 103 Å². The van der Waals surface area contributed by atoms with Gasteiger partial charge in [-0.15, -0.1) is 0 Å². The Morgan fingerprint density at radius 3 is 2.85 bits per heavy atom. The van der Waals surface area contributed by atoms with Crippen molar-refractivity contribution in [2.75, 3.05) is 7.11 Å². The van der Waals surface area contributed by atoms with E-state index in [0.717, 1.165) is 51.0 Å². The highest BCUT2D eigenvalue weighted by atomic mass is 32.1. The summed E-state index contributed by atoms with van der Waals surface area (Å²) in [6.45, 7) is 0. The highest BCUT2D eigenvalue weighted by molar-refractivity contribution is 7.07. The number of rotatable bonds is 4. The van der Waals surface area contributed by atoms with Gasteiger partial charge in [-0.25, -0.2) is 4.99 Å². The first-order chi connectivity index (χ1) is 19.0. The first kappa shape index (κ1) is 23.4. The SMILES string of the molecule is COc1ccc2c(c1)CCC1=C2N=c2s/c(=C\c3c[nH]c4ccccc34)c(=O)n2C1c1cccc([N+](=O)[O-])c1. The van der Waals surface area contributed by atoms with Gasteiger partial charge >= 0.3 is 0 Å². The Hall–Kier alpha value is -4.76. The molecule has 0 saturated heterocycles. The summed E-state index contributed by atoms with van der Waals surface area (Å²) >= 11 is 1.34. The number of nitrogens with zero attached hydrogens (tertiary/aromatic N) is 3. The molecule has 3 aromatic carbocycles. The molecule has 192 valence electrons. The number of H-pyrrole nitrogens is 1. The molecule has 39 heavy (non-hydrogen) atoms. The third-order valence-corrected chi connectivity index (χ3v) is 8.46. The lowest BCUT2D eigenvalue weighted by Crippen LogP contribution is -2.38. The van der Waals surface area contributed by atoms with Crippen molar-refractivity contribution in [1.82, 2.24) is 9.55 Å². The van der Waals surface area contributed by atoms with Gasteiger partial charge < -0.3 is 9.72 Å². The summed E-state index contributed by atoms with van der Waals surface area (Å²) in [5.41, 5.74) is 6.39. The number of benzene rings is 3. The van der Waals surface area contributed by atoms with Gasteiger partial charge in [0.1, 0.15) is 5.75 Å². The summed E-state index contributed by atoms with van der Waals surface area (Å²) in [5.74, 6) is 0.785. The molecule has 0 bridgehead atoms. The molecule has 0 fully saturated rings. The molecule has 1 unspecified atom stereocenters. The second-order valence-electron chi connectivity index (χ2n) is 9.62. The number of aromatic amines is 1. The minimum absolute atomic E-state index is 0.00600. The van der Waals surface area contributed by atoms with E-state index in [0.29, 0.717) is 21.3 Å². The molecule has 1 aliphatic heterocycles. The zero-order valence-electron chi connectivity index (χ0n) is 20.9. The predicted octanol–water partition coefficient (Wildman–Crippen LogP) is 4.72. The summed E-state index contributed by atoms with van der Waals surface area (Å²) in [6, 6.07) is 20.0. The summed E-state index contributed by atoms with van der Waals surface area (Å²) < 4.78 is 7.70. The minimum atomic E-state index is -0.489. The number of hydrogen-bond donors (Lipinski definition) is 1. The van der Waals surface area contributed by atoms with Crippen LogP contribution in [0.15, 0.2) is 88.3 Å². The van der Waals surface area contributed by atoms with Gasteiger partial charge in [0.25, 0.3) is 11.2 Å². The zero-order valence-corrected chi connectivity index (χ0v) is 21.7. The Kier molecular flexibility index (Phi) is 5.34. The summed E-state index contributed by atoms with van der Waals surface area (Å²) in [5, 5.41) is 12.7. The fourth-order valence-electron chi connectivity index (χ4n) is 5.65. The van der Waals surface area contributed by atoms with E-state index in [4.69, 9.17) is 9.73 Å². The lowest BCUT2D eigenvalue weighted by molar-refractivity contribution is -0.384. The van der Waals surface area contributed by atoms with Crippen molar-refractivity contribution >= 4 is 39.7 Å². The monoisotopic (exact) mass is 534 g/mol. The zero-order chi connectivity index (χ0) is 26.7. The maximum Gasteiger partial charge on any atom is 0.271 e. The van der Waals surface area contributed by atoms with Crippen LogP contribution in [0.4, 0.5) is 5.69 Å². The van der Waals surface area contributed by atoms with Gasteiger partial charge in [-0.3, -0.25) is 19.5 Å². The van der Waals surface area contributed by atoms with Crippen LogP contribution in [-0.4, -0.2) is 21.6 Å². The van der Waals surface area contributed by atoms with Crippen molar-refractivity contribution < 1.29 is 9.66 Å². The number of thiazole rings is 1. The second kappa shape index (κ2) is 8.92. The van der Waals surface area contributed by atoms with E-state index in [9.17, 15) is 14.9 Å². The van der Waals surface area contributed by atoms with E-state index in [2.05, 4.69) is 4.98 Å². The third kappa shape index (κ3) is 3.73. The Balaban J connectivity index is 1.49. The van der Waals surface area contributed by atoms with Crippen LogP contribution in [-0.2, 0) is 6.42 Å². The molecule has 1 aliphatic carbocycles. The first-order valence-corrected chi connectivity index (χ1v) is 13.4. The number of hydrogen-bond acceptors (Lipinski definition) is 6. The highest BCUT2D eigenvalue weighted by Crippen LogP contribution is 2.42. The van der Waals surface area contributed by atoms with Crippen LogP contribution in [0.3, 0.4) is 0 Å². The fourth-order valence-corrected chi connectivity index (χ4v) is 6.64. The van der Waals surface area contributed by atoms with Crippen molar-refractivity contribution in [2.45, 2.75) is 18.9 Å². The van der Waals surface area contributed by atoms with E-state index in [-0.39, 0.29) is 11.2 Å². The number of non-ortho nitro benzene ring substituents is 1. The lowest BCUT2D eigenvalue weighted by Gasteiger charge is -2.31. The summed E-state index contributed by atoms with van der Waals surface area (Å²) in [6.07, 6.45) is 5.23. The Bertz CT molecular complexity index is 2030.